The molecule has 1 radical (unpaired) electrons. The van der Waals surface area contributed by atoms with Gasteiger partial charge in [0.25, 0.3) is 0 Å². The molecule has 0 amide bonds. The highest BCUT2D eigenvalue weighted by Gasteiger charge is 1.99. The third-order valence-corrected chi connectivity index (χ3v) is 2.00. The molecule has 0 aromatic heterocycles. The van der Waals surface area contributed by atoms with Gasteiger partial charge >= 0.3 is 8.25 Å². The maximum atomic E-state index is 10.8. The predicted octanol–water partition coefficient (Wildman–Crippen LogP) is 3.05. The van der Waals surface area contributed by atoms with Crippen LogP contribution in [0.1, 0.15) is 26.2 Å². The monoisotopic (exact) mass is 191 g/mol. The van der Waals surface area contributed by atoms with E-state index in [1.165, 1.54) is 0 Å². The fourth-order valence-corrected chi connectivity index (χ4v) is 1.22. The molecule has 3 nitrogen and oxygen atoms in total. The molecule has 0 spiro atoms. The van der Waals surface area contributed by atoms with E-state index in [-0.39, 0.29) is 6.61 Å². The molecule has 0 aliphatic rings. The molecule has 0 fully saturated rings. The van der Waals surface area contributed by atoms with Crippen molar-refractivity contribution < 1.29 is 13.6 Å². The Kier molecular flexibility index (Phi) is 8.68. The number of hydrogen-bond acceptors (Lipinski definition) is 3. The molecule has 0 rings (SSSR count). The lowest BCUT2D eigenvalue weighted by Crippen LogP contribution is -1.88. The van der Waals surface area contributed by atoms with E-state index in [4.69, 9.17) is 9.05 Å². The summed E-state index contributed by atoms with van der Waals surface area (Å²) in [6.45, 7) is 6.33. The van der Waals surface area contributed by atoms with Gasteiger partial charge in [0.15, 0.2) is 0 Å². The molecule has 0 bridgehead atoms. The molecule has 4 heteroatoms. The first-order valence-electron chi connectivity index (χ1n) is 4.15. The Hall–Kier alpha value is -0.240. The SMILES string of the molecule is C=CCO[P](=O)OCCCCC. The van der Waals surface area contributed by atoms with Gasteiger partial charge in [-0.2, -0.15) is 0 Å². The van der Waals surface area contributed by atoms with Crippen molar-refractivity contribution in [3.63, 3.8) is 0 Å². The van der Waals surface area contributed by atoms with Crippen LogP contribution in [0.25, 0.3) is 0 Å². The van der Waals surface area contributed by atoms with Gasteiger partial charge in [0, 0.05) is 0 Å². The molecular formula is C8H16O3P. The molecule has 12 heavy (non-hydrogen) atoms. The van der Waals surface area contributed by atoms with Crippen LogP contribution in [-0.4, -0.2) is 13.2 Å². The Labute approximate surface area is 74.7 Å². The number of rotatable bonds is 8. The van der Waals surface area contributed by atoms with Gasteiger partial charge in [-0.15, -0.1) is 6.58 Å². The molecule has 0 aliphatic heterocycles. The molecule has 0 N–H and O–H groups in total. The summed E-state index contributed by atoms with van der Waals surface area (Å²) < 4.78 is 20.4. The highest BCUT2D eigenvalue weighted by molar-refractivity contribution is 7.33. The summed E-state index contributed by atoms with van der Waals surface area (Å²) in [6, 6.07) is 0. The van der Waals surface area contributed by atoms with Gasteiger partial charge < -0.3 is 0 Å². The largest absolute Gasteiger partial charge is 0.369 e. The molecule has 1 atom stereocenters. The third-order valence-electron chi connectivity index (χ3n) is 1.24. The van der Waals surface area contributed by atoms with Gasteiger partial charge in [0.05, 0.1) is 13.2 Å². The Balaban J connectivity index is 3.13. The average Bonchev–Trinajstić information content (AvgIpc) is 2.09. The minimum absolute atomic E-state index is 0.281. The molecule has 71 valence electrons. The Morgan fingerprint density at radius 3 is 2.75 bits per heavy atom. The van der Waals surface area contributed by atoms with Crippen LogP contribution in [-0.2, 0) is 13.6 Å². The summed E-state index contributed by atoms with van der Waals surface area (Å²) in [5.74, 6) is 0. The van der Waals surface area contributed by atoms with E-state index in [0.717, 1.165) is 19.3 Å². The first-order chi connectivity index (χ1) is 5.81. The summed E-state index contributed by atoms with van der Waals surface area (Å²) in [4.78, 5) is 0. The Bertz CT molecular complexity index is 136. The van der Waals surface area contributed by atoms with Crippen LogP contribution in [0.3, 0.4) is 0 Å². The first-order valence-corrected chi connectivity index (χ1v) is 5.24. The zero-order chi connectivity index (χ0) is 9.23. The van der Waals surface area contributed by atoms with Crippen LogP contribution in [0.5, 0.6) is 0 Å². The molecule has 0 saturated carbocycles. The van der Waals surface area contributed by atoms with Crippen LogP contribution in [0.15, 0.2) is 12.7 Å². The lowest BCUT2D eigenvalue weighted by molar-refractivity contribution is 0.237. The normalized spacial score (nSPS) is 11.2. The Morgan fingerprint density at radius 1 is 1.42 bits per heavy atom. The summed E-state index contributed by atoms with van der Waals surface area (Å²) >= 11 is 0. The van der Waals surface area contributed by atoms with Gasteiger partial charge in [-0.1, -0.05) is 25.8 Å². The van der Waals surface area contributed by atoms with E-state index in [2.05, 4.69) is 13.5 Å². The summed E-state index contributed by atoms with van der Waals surface area (Å²) in [5.41, 5.74) is 0. The number of unbranched alkanes of at least 4 members (excludes halogenated alkanes) is 2. The second-order valence-corrected chi connectivity index (χ2v) is 3.31. The maximum absolute atomic E-state index is 10.8. The molecule has 0 saturated heterocycles. The fraction of sp³-hybridized carbons (Fsp3) is 0.750. The standard InChI is InChI=1S/C8H16O3P/c1-3-5-6-8-11-12(9)10-7-4-2/h4H,2-3,5-8H2,1H3. The van der Waals surface area contributed by atoms with E-state index in [1.807, 2.05) is 0 Å². The summed E-state index contributed by atoms with van der Waals surface area (Å²) in [7, 11) is -1.92. The highest BCUT2D eigenvalue weighted by Crippen LogP contribution is 2.23. The van der Waals surface area contributed by atoms with Crippen LogP contribution in [0, 0.1) is 0 Å². The minimum atomic E-state index is -1.92. The molecule has 0 aromatic carbocycles. The van der Waals surface area contributed by atoms with Crippen molar-refractivity contribution in [1.29, 1.82) is 0 Å². The zero-order valence-electron chi connectivity index (χ0n) is 7.49. The van der Waals surface area contributed by atoms with E-state index in [0.29, 0.717) is 6.61 Å². The van der Waals surface area contributed by atoms with Gasteiger partial charge in [0.2, 0.25) is 0 Å². The average molecular weight is 191 g/mol. The van der Waals surface area contributed by atoms with E-state index >= 15 is 0 Å². The number of hydrogen-bond donors (Lipinski definition) is 0. The molecule has 0 aliphatic carbocycles. The predicted molar refractivity (Wildman–Crippen MR) is 49.2 cm³/mol. The minimum Gasteiger partial charge on any atom is -0.283 e. The van der Waals surface area contributed by atoms with Crippen molar-refractivity contribution in [2.45, 2.75) is 26.2 Å². The van der Waals surface area contributed by atoms with Crippen LogP contribution in [0.4, 0.5) is 0 Å². The van der Waals surface area contributed by atoms with E-state index in [1.54, 1.807) is 6.08 Å². The topological polar surface area (TPSA) is 35.5 Å². The second kappa shape index (κ2) is 8.85. The van der Waals surface area contributed by atoms with Gasteiger partial charge in [-0.3, -0.25) is 9.05 Å². The van der Waals surface area contributed by atoms with Gasteiger partial charge in [-0.05, 0) is 6.42 Å². The smallest absolute Gasteiger partial charge is 0.283 e. The lowest BCUT2D eigenvalue weighted by Gasteiger charge is -2.00. The molecular weight excluding hydrogens is 175 g/mol. The fourth-order valence-electron chi connectivity index (χ4n) is 0.642. The van der Waals surface area contributed by atoms with Crippen molar-refractivity contribution in [1.82, 2.24) is 0 Å². The lowest BCUT2D eigenvalue weighted by atomic mass is 10.3. The highest BCUT2D eigenvalue weighted by atomic mass is 31.1. The van der Waals surface area contributed by atoms with Crippen molar-refractivity contribution in [3.8, 4) is 0 Å². The van der Waals surface area contributed by atoms with E-state index in [9.17, 15) is 4.57 Å². The maximum Gasteiger partial charge on any atom is 0.369 e. The van der Waals surface area contributed by atoms with Crippen LogP contribution >= 0.6 is 8.25 Å². The van der Waals surface area contributed by atoms with Crippen molar-refractivity contribution in [3.05, 3.63) is 12.7 Å². The van der Waals surface area contributed by atoms with Crippen molar-refractivity contribution in [2.24, 2.45) is 0 Å². The summed E-state index contributed by atoms with van der Waals surface area (Å²) in [6.07, 6.45) is 4.72. The van der Waals surface area contributed by atoms with Crippen molar-refractivity contribution >= 4 is 8.25 Å². The molecule has 1 unspecified atom stereocenters. The van der Waals surface area contributed by atoms with Crippen molar-refractivity contribution in [2.75, 3.05) is 13.2 Å². The Morgan fingerprint density at radius 2 is 2.17 bits per heavy atom. The van der Waals surface area contributed by atoms with Gasteiger partial charge in [-0.25, -0.2) is 4.57 Å². The van der Waals surface area contributed by atoms with E-state index < -0.39 is 8.25 Å². The molecule has 0 heterocycles. The first kappa shape index (κ1) is 11.8. The zero-order valence-corrected chi connectivity index (χ0v) is 8.39. The second-order valence-electron chi connectivity index (χ2n) is 2.35. The third kappa shape index (κ3) is 7.86. The van der Waals surface area contributed by atoms with Crippen LogP contribution < -0.4 is 0 Å². The summed E-state index contributed by atoms with van der Waals surface area (Å²) in [5, 5.41) is 0. The van der Waals surface area contributed by atoms with Gasteiger partial charge in [0.1, 0.15) is 0 Å². The van der Waals surface area contributed by atoms with Crippen LogP contribution in [0.2, 0.25) is 0 Å². The quantitative estimate of drug-likeness (QED) is 0.336. The molecule has 0 aromatic rings.